The van der Waals surface area contributed by atoms with Gasteiger partial charge in [0.1, 0.15) is 5.75 Å². The van der Waals surface area contributed by atoms with Gasteiger partial charge in [-0.15, -0.1) is 0 Å². The summed E-state index contributed by atoms with van der Waals surface area (Å²) in [5.41, 5.74) is 5.80. The molecule has 1 aliphatic carbocycles. The lowest BCUT2D eigenvalue weighted by Gasteiger charge is -2.26. The van der Waals surface area contributed by atoms with Crippen molar-refractivity contribution in [3.05, 3.63) is 30.3 Å². The molecule has 0 radical (unpaired) electrons. The minimum Gasteiger partial charge on any atom is -0.352 e. The fourth-order valence-electron chi connectivity index (χ4n) is 2.42. The van der Waals surface area contributed by atoms with Crippen molar-refractivity contribution < 1.29 is 13.2 Å². The monoisotopic (exact) mass is 296 g/mol. The molecule has 1 aliphatic rings. The summed E-state index contributed by atoms with van der Waals surface area (Å²) in [6.45, 7) is 0. The zero-order valence-electron chi connectivity index (χ0n) is 11.3. The average Bonchev–Trinajstić information content (AvgIpc) is 2.42. The second kappa shape index (κ2) is 6.37. The smallest absolute Gasteiger partial charge is 0.235 e. The van der Waals surface area contributed by atoms with Crippen molar-refractivity contribution in [2.24, 2.45) is 5.73 Å². The molecule has 0 spiro atoms. The van der Waals surface area contributed by atoms with Crippen molar-refractivity contribution in [2.45, 2.75) is 42.7 Å². The number of rotatable bonds is 4. The Morgan fingerprint density at radius 1 is 1.15 bits per heavy atom. The van der Waals surface area contributed by atoms with Gasteiger partial charge in [0.15, 0.2) is 9.84 Å². The first kappa shape index (κ1) is 15.0. The maximum Gasteiger partial charge on any atom is 0.235 e. The molecule has 110 valence electrons. The normalized spacial score (nSPS) is 23.2. The number of nitrogens with one attached hydrogen (secondary N) is 1. The third kappa shape index (κ3) is 4.05. The summed E-state index contributed by atoms with van der Waals surface area (Å²) in [4.78, 5) is 12.0. The number of carbonyl (C=O) groups is 1. The number of benzene rings is 1. The Labute approximate surface area is 119 Å². The van der Waals surface area contributed by atoms with Gasteiger partial charge in [0.2, 0.25) is 5.91 Å². The first-order valence-corrected chi connectivity index (χ1v) is 8.45. The molecule has 6 heteroatoms. The Bertz CT molecular complexity index is 549. The highest BCUT2D eigenvalue weighted by Crippen LogP contribution is 2.17. The van der Waals surface area contributed by atoms with Crippen LogP contribution in [0.5, 0.6) is 0 Å². The molecule has 20 heavy (non-hydrogen) atoms. The lowest BCUT2D eigenvalue weighted by molar-refractivity contribution is -0.119. The van der Waals surface area contributed by atoms with Gasteiger partial charge in [-0.25, -0.2) is 8.42 Å². The van der Waals surface area contributed by atoms with Crippen LogP contribution < -0.4 is 11.1 Å². The van der Waals surface area contributed by atoms with Crippen LogP contribution >= 0.6 is 0 Å². The molecule has 0 bridgehead atoms. The van der Waals surface area contributed by atoms with E-state index in [4.69, 9.17) is 5.73 Å². The van der Waals surface area contributed by atoms with E-state index in [0.717, 1.165) is 25.7 Å². The summed E-state index contributed by atoms with van der Waals surface area (Å²) in [7, 11) is -3.56. The van der Waals surface area contributed by atoms with Gasteiger partial charge in [-0.1, -0.05) is 18.2 Å². The summed E-state index contributed by atoms with van der Waals surface area (Å²) in [5.74, 6) is -0.936. The molecule has 3 N–H and O–H groups in total. The minimum absolute atomic E-state index is 0.0493. The number of nitrogens with two attached hydrogens (primary N) is 1. The standard InChI is InChI=1S/C14H20N2O3S/c15-11-6-8-12(9-7-11)16-14(17)10-20(18,19)13-4-2-1-3-5-13/h1-5,11-12H,6-10,15H2,(H,16,17)/t11-,12-. The first-order valence-electron chi connectivity index (χ1n) is 6.80. The largest absolute Gasteiger partial charge is 0.352 e. The van der Waals surface area contributed by atoms with E-state index in [0.29, 0.717) is 0 Å². The Morgan fingerprint density at radius 3 is 2.35 bits per heavy atom. The van der Waals surface area contributed by atoms with E-state index >= 15 is 0 Å². The second-order valence-electron chi connectivity index (χ2n) is 5.25. The van der Waals surface area contributed by atoms with Crippen LogP contribution in [0.15, 0.2) is 35.2 Å². The Kier molecular flexibility index (Phi) is 4.77. The van der Waals surface area contributed by atoms with Crippen molar-refractivity contribution in [2.75, 3.05) is 5.75 Å². The van der Waals surface area contributed by atoms with Crippen molar-refractivity contribution in [3.8, 4) is 0 Å². The van der Waals surface area contributed by atoms with E-state index in [9.17, 15) is 13.2 Å². The Morgan fingerprint density at radius 2 is 1.75 bits per heavy atom. The molecule has 0 aliphatic heterocycles. The molecular weight excluding hydrogens is 276 g/mol. The molecule has 1 amide bonds. The van der Waals surface area contributed by atoms with Crippen LogP contribution in [0.2, 0.25) is 0 Å². The quantitative estimate of drug-likeness (QED) is 0.862. The fourth-order valence-corrected chi connectivity index (χ4v) is 3.58. The number of amides is 1. The van der Waals surface area contributed by atoms with E-state index < -0.39 is 21.5 Å². The molecule has 2 rings (SSSR count). The van der Waals surface area contributed by atoms with Crippen LogP contribution in [0, 0.1) is 0 Å². The molecule has 0 aromatic heterocycles. The Hall–Kier alpha value is -1.40. The zero-order chi connectivity index (χ0) is 14.6. The number of hydrogen-bond donors (Lipinski definition) is 2. The van der Waals surface area contributed by atoms with Crippen LogP contribution in [-0.4, -0.2) is 32.2 Å². The van der Waals surface area contributed by atoms with Gasteiger partial charge in [-0.2, -0.15) is 0 Å². The summed E-state index contributed by atoms with van der Waals surface area (Å²) >= 11 is 0. The maximum atomic E-state index is 12.1. The second-order valence-corrected chi connectivity index (χ2v) is 7.24. The number of sulfone groups is 1. The molecule has 0 atom stereocenters. The van der Waals surface area contributed by atoms with Crippen LogP contribution in [0.4, 0.5) is 0 Å². The van der Waals surface area contributed by atoms with Gasteiger partial charge in [-0.3, -0.25) is 4.79 Å². The third-order valence-corrected chi connectivity index (χ3v) is 5.19. The highest BCUT2D eigenvalue weighted by Gasteiger charge is 2.23. The molecule has 0 saturated heterocycles. The van der Waals surface area contributed by atoms with Gasteiger partial charge < -0.3 is 11.1 Å². The van der Waals surface area contributed by atoms with Crippen molar-refractivity contribution in [3.63, 3.8) is 0 Å². The van der Waals surface area contributed by atoms with E-state index in [2.05, 4.69) is 5.32 Å². The fraction of sp³-hybridized carbons (Fsp3) is 0.500. The first-order chi connectivity index (χ1) is 9.47. The van der Waals surface area contributed by atoms with Crippen LogP contribution in [0.25, 0.3) is 0 Å². The van der Waals surface area contributed by atoms with E-state index in [1.807, 2.05) is 0 Å². The van der Waals surface area contributed by atoms with Gasteiger partial charge >= 0.3 is 0 Å². The lowest BCUT2D eigenvalue weighted by Crippen LogP contribution is -2.42. The topological polar surface area (TPSA) is 89.3 Å². The summed E-state index contributed by atoms with van der Waals surface area (Å²) in [5, 5.41) is 2.79. The molecule has 1 saturated carbocycles. The molecule has 1 fully saturated rings. The van der Waals surface area contributed by atoms with Gasteiger partial charge in [-0.05, 0) is 37.8 Å². The summed E-state index contributed by atoms with van der Waals surface area (Å²) < 4.78 is 24.1. The predicted molar refractivity (Wildman–Crippen MR) is 76.9 cm³/mol. The SMILES string of the molecule is N[C@H]1CC[C@H](NC(=O)CS(=O)(=O)c2ccccc2)CC1. The van der Waals surface area contributed by atoms with Crippen LogP contribution in [-0.2, 0) is 14.6 Å². The van der Waals surface area contributed by atoms with E-state index in [1.54, 1.807) is 18.2 Å². The Balaban J connectivity index is 1.91. The molecule has 5 nitrogen and oxygen atoms in total. The van der Waals surface area contributed by atoms with E-state index in [-0.39, 0.29) is 17.0 Å². The highest BCUT2D eigenvalue weighted by atomic mass is 32.2. The molecule has 0 heterocycles. The van der Waals surface area contributed by atoms with Gasteiger partial charge in [0.05, 0.1) is 4.90 Å². The van der Waals surface area contributed by atoms with Crippen molar-refractivity contribution in [1.29, 1.82) is 0 Å². The van der Waals surface area contributed by atoms with Crippen molar-refractivity contribution >= 4 is 15.7 Å². The van der Waals surface area contributed by atoms with Gasteiger partial charge in [0, 0.05) is 12.1 Å². The average molecular weight is 296 g/mol. The molecule has 1 aromatic carbocycles. The van der Waals surface area contributed by atoms with Crippen LogP contribution in [0.1, 0.15) is 25.7 Å². The number of hydrogen-bond acceptors (Lipinski definition) is 4. The van der Waals surface area contributed by atoms with Crippen LogP contribution in [0.3, 0.4) is 0 Å². The van der Waals surface area contributed by atoms with E-state index in [1.165, 1.54) is 12.1 Å². The lowest BCUT2D eigenvalue weighted by atomic mass is 9.92. The molecule has 1 aromatic rings. The molecular formula is C14H20N2O3S. The molecule has 0 unspecified atom stereocenters. The highest BCUT2D eigenvalue weighted by molar-refractivity contribution is 7.92. The van der Waals surface area contributed by atoms with Crippen molar-refractivity contribution in [1.82, 2.24) is 5.32 Å². The zero-order valence-corrected chi connectivity index (χ0v) is 12.1. The third-order valence-electron chi connectivity index (χ3n) is 3.56. The maximum absolute atomic E-state index is 12.1. The van der Waals surface area contributed by atoms with Gasteiger partial charge in [0.25, 0.3) is 0 Å². The predicted octanol–water partition coefficient (Wildman–Crippen LogP) is 0.846. The summed E-state index contributed by atoms with van der Waals surface area (Å²) in [6.07, 6.45) is 3.38. The summed E-state index contributed by atoms with van der Waals surface area (Å²) in [6, 6.07) is 8.29. The minimum atomic E-state index is -3.56. The number of carbonyl (C=O) groups excluding carboxylic acids is 1.